The number of benzene rings is 1. The third kappa shape index (κ3) is 5.69. The lowest BCUT2D eigenvalue weighted by Gasteiger charge is -2.21. The van der Waals surface area contributed by atoms with Gasteiger partial charge in [-0.1, -0.05) is 74.4 Å². The minimum absolute atomic E-state index is 0.00918. The third-order valence-corrected chi connectivity index (χ3v) is 6.87. The molecule has 1 aromatic heterocycles. The first-order valence-electron chi connectivity index (χ1n) is 9.69. The Bertz CT molecular complexity index is 756. The number of aromatic nitrogens is 2. The Kier molecular flexibility index (Phi) is 7.13. The van der Waals surface area contributed by atoms with Crippen LogP contribution in [0.15, 0.2) is 28.6 Å². The molecule has 1 amide bonds. The van der Waals surface area contributed by atoms with E-state index in [0.29, 0.717) is 12.0 Å². The summed E-state index contributed by atoms with van der Waals surface area (Å²) in [5, 5.41) is 15.7. The average molecular weight is 405 g/mol. The Morgan fingerprint density at radius 1 is 1.15 bits per heavy atom. The van der Waals surface area contributed by atoms with E-state index in [2.05, 4.69) is 40.7 Å². The first-order valence-corrected chi connectivity index (χ1v) is 11.4. The van der Waals surface area contributed by atoms with Gasteiger partial charge < -0.3 is 10.6 Å². The number of rotatable bonds is 7. The number of hydrogen-bond donors (Lipinski definition) is 2. The van der Waals surface area contributed by atoms with Gasteiger partial charge in [0.15, 0.2) is 4.34 Å². The summed E-state index contributed by atoms with van der Waals surface area (Å²) in [6, 6.07) is 8.49. The van der Waals surface area contributed by atoms with E-state index < -0.39 is 0 Å². The predicted octanol–water partition coefficient (Wildman–Crippen LogP) is 5.53. The summed E-state index contributed by atoms with van der Waals surface area (Å²) >= 11 is 3.00. The number of anilines is 2. The summed E-state index contributed by atoms with van der Waals surface area (Å²) in [5.74, 6) is 0.353. The molecule has 1 aliphatic carbocycles. The first kappa shape index (κ1) is 20.1. The summed E-state index contributed by atoms with van der Waals surface area (Å²) in [7, 11) is 0. The molecular formula is C20H28N4OS2. The zero-order valence-corrected chi connectivity index (χ0v) is 17.8. The van der Waals surface area contributed by atoms with E-state index in [9.17, 15) is 4.79 Å². The van der Waals surface area contributed by atoms with Crippen LogP contribution in [0.25, 0.3) is 0 Å². The topological polar surface area (TPSA) is 66.9 Å². The van der Waals surface area contributed by atoms with Crippen molar-refractivity contribution in [1.29, 1.82) is 0 Å². The van der Waals surface area contributed by atoms with Crippen LogP contribution in [0.5, 0.6) is 0 Å². The first-order chi connectivity index (χ1) is 13.0. The van der Waals surface area contributed by atoms with Crippen molar-refractivity contribution >= 4 is 39.8 Å². The number of carbonyl (C=O) groups is 1. The van der Waals surface area contributed by atoms with Crippen molar-refractivity contribution in [2.45, 2.75) is 74.4 Å². The van der Waals surface area contributed by atoms with Crippen LogP contribution in [0.3, 0.4) is 0 Å². The largest absolute Gasteiger partial charge is 0.357 e. The second-order valence-electron chi connectivity index (χ2n) is 7.34. The number of thioether (sulfide) groups is 1. The average Bonchev–Trinajstić information content (AvgIpc) is 3.09. The van der Waals surface area contributed by atoms with Crippen LogP contribution in [0.2, 0.25) is 0 Å². The molecule has 1 unspecified atom stereocenters. The Balaban J connectivity index is 1.55. The lowest BCUT2D eigenvalue weighted by atomic mass is 9.96. The molecule has 5 nitrogen and oxygen atoms in total. The van der Waals surface area contributed by atoms with Gasteiger partial charge in [0.1, 0.15) is 0 Å². The van der Waals surface area contributed by atoms with E-state index in [1.165, 1.54) is 55.2 Å². The second kappa shape index (κ2) is 9.55. The van der Waals surface area contributed by atoms with Gasteiger partial charge in [-0.05, 0) is 37.3 Å². The van der Waals surface area contributed by atoms with Crippen LogP contribution in [0.1, 0.15) is 64.4 Å². The number of nitrogens with zero attached hydrogens (tertiary/aromatic N) is 2. The van der Waals surface area contributed by atoms with Gasteiger partial charge in [0.2, 0.25) is 11.0 Å². The molecule has 27 heavy (non-hydrogen) atoms. The van der Waals surface area contributed by atoms with Gasteiger partial charge in [-0.3, -0.25) is 4.79 Å². The van der Waals surface area contributed by atoms with Crippen molar-refractivity contribution in [3.05, 3.63) is 29.8 Å². The maximum Gasteiger partial charge on any atom is 0.237 e. The molecule has 1 fully saturated rings. The molecule has 0 radical (unpaired) electrons. The SMILES string of the molecule is CC(Sc1nnc(NC2CCCCC2)s1)C(=O)Nc1ccccc1C(C)C. The minimum Gasteiger partial charge on any atom is -0.357 e. The molecule has 0 saturated heterocycles. The van der Waals surface area contributed by atoms with Gasteiger partial charge in [-0.15, -0.1) is 10.2 Å². The highest BCUT2D eigenvalue weighted by molar-refractivity contribution is 8.02. The van der Waals surface area contributed by atoms with Gasteiger partial charge in [0.05, 0.1) is 5.25 Å². The molecule has 1 atom stereocenters. The zero-order chi connectivity index (χ0) is 19.2. The highest BCUT2D eigenvalue weighted by atomic mass is 32.2. The maximum atomic E-state index is 12.6. The molecule has 1 saturated carbocycles. The molecule has 0 spiro atoms. The van der Waals surface area contributed by atoms with Gasteiger partial charge in [0.25, 0.3) is 0 Å². The van der Waals surface area contributed by atoms with Gasteiger partial charge in [0, 0.05) is 11.7 Å². The molecule has 1 aliphatic rings. The third-order valence-electron chi connectivity index (χ3n) is 4.83. The number of nitrogens with one attached hydrogen (secondary N) is 2. The van der Waals surface area contributed by atoms with Gasteiger partial charge in [-0.2, -0.15) is 0 Å². The minimum atomic E-state index is -0.235. The van der Waals surface area contributed by atoms with E-state index in [4.69, 9.17) is 0 Å². The number of amides is 1. The summed E-state index contributed by atoms with van der Waals surface area (Å²) in [5.41, 5.74) is 2.04. The van der Waals surface area contributed by atoms with Gasteiger partial charge >= 0.3 is 0 Å². The lowest BCUT2D eigenvalue weighted by molar-refractivity contribution is -0.115. The molecule has 0 aliphatic heterocycles. The number of carbonyl (C=O) groups excluding carboxylic acids is 1. The highest BCUT2D eigenvalue weighted by Crippen LogP contribution is 2.31. The smallest absolute Gasteiger partial charge is 0.237 e. The van der Waals surface area contributed by atoms with Crippen molar-refractivity contribution in [3.8, 4) is 0 Å². The molecule has 1 aromatic carbocycles. The van der Waals surface area contributed by atoms with Crippen molar-refractivity contribution < 1.29 is 4.79 Å². The van der Waals surface area contributed by atoms with Crippen molar-refractivity contribution in [1.82, 2.24) is 10.2 Å². The molecule has 146 valence electrons. The lowest BCUT2D eigenvalue weighted by Crippen LogP contribution is -2.23. The molecule has 0 bridgehead atoms. The van der Waals surface area contributed by atoms with E-state index in [1.54, 1.807) is 0 Å². The fourth-order valence-corrected chi connectivity index (χ4v) is 5.26. The summed E-state index contributed by atoms with van der Waals surface area (Å²) in [4.78, 5) is 12.6. The van der Waals surface area contributed by atoms with Crippen LogP contribution in [-0.2, 0) is 4.79 Å². The monoisotopic (exact) mass is 404 g/mol. The maximum absolute atomic E-state index is 12.6. The highest BCUT2D eigenvalue weighted by Gasteiger charge is 2.20. The summed E-state index contributed by atoms with van der Waals surface area (Å²) in [6.45, 7) is 6.17. The molecule has 2 aromatic rings. The zero-order valence-electron chi connectivity index (χ0n) is 16.2. The Labute approximate surface area is 169 Å². The van der Waals surface area contributed by atoms with E-state index in [0.717, 1.165) is 20.7 Å². The standard InChI is InChI=1S/C20H28N4OS2/c1-13(2)16-11-7-8-12-17(16)22-18(25)14(3)26-20-24-23-19(27-20)21-15-9-5-4-6-10-15/h7-8,11-15H,4-6,9-10H2,1-3H3,(H,21,23)(H,22,25). The van der Waals surface area contributed by atoms with Crippen LogP contribution in [0.4, 0.5) is 10.8 Å². The summed E-state index contributed by atoms with van der Waals surface area (Å²) in [6.07, 6.45) is 6.31. The fraction of sp³-hybridized carbons (Fsp3) is 0.550. The van der Waals surface area contributed by atoms with Crippen molar-refractivity contribution in [2.24, 2.45) is 0 Å². The summed E-state index contributed by atoms with van der Waals surface area (Å²) < 4.78 is 0.827. The van der Waals surface area contributed by atoms with Crippen molar-refractivity contribution in [3.63, 3.8) is 0 Å². The normalized spacial score (nSPS) is 16.3. The van der Waals surface area contributed by atoms with Crippen LogP contribution in [-0.4, -0.2) is 27.4 Å². The van der Waals surface area contributed by atoms with Crippen LogP contribution < -0.4 is 10.6 Å². The van der Waals surface area contributed by atoms with Crippen molar-refractivity contribution in [2.75, 3.05) is 10.6 Å². The van der Waals surface area contributed by atoms with Crippen LogP contribution in [0, 0.1) is 0 Å². The van der Waals surface area contributed by atoms with Gasteiger partial charge in [-0.25, -0.2) is 0 Å². The van der Waals surface area contributed by atoms with E-state index in [1.807, 2.05) is 25.1 Å². The van der Waals surface area contributed by atoms with E-state index in [-0.39, 0.29) is 11.2 Å². The quantitative estimate of drug-likeness (QED) is 0.594. The number of para-hydroxylation sites is 1. The molecule has 3 rings (SSSR count). The molecule has 1 heterocycles. The van der Waals surface area contributed by atoms with Crippen LogP contribution >= 0.6 is 23.1 Å². The Hall–Kier alpha value is -1.60. The fourth-order valence-electron chi connectivity index (χ4n) is 3.29. The second-order valence-corrected chi connectivity index (χ2v) is 9.91. The van der Waals surface area contributed by atoms with E-state index >= 15 is 0 Å². The molecular weight excluding hydrogens is 376 g/mol. The molecule has 2 N–H and O–H groups in total. The predicted molar refractivity (Wildman–Crippen MR) is 115 cm³/mol. The number of hydrogen-bond acceptors (Lipinski definition) is 6. The Morgan fingerprint density at radius 2 is 1.89 bits per heavy atom. The Morgan fingerprint density at radius 3 is 2.63 bits per heavy atom. The molecule has 7 heteroatoms.